The van der Waals surface area contributed by atoms with E-state index in [1.165, 1.54) is 0 Å². The van der Waals surface area contributed by atoms with Gasteiger partial charge in [-0.25, -0.2) is 0 Å². The Morgan fingerprint density at radius 3 is 2.73 bits per heavy atom. The van der Waals surface area contributed by atoms with Crippen LogP contribution in [0.1, 0.15) is 20.3 Å². The number of rotatable bonds is 6. The zero-order valence-electron chi connectivity index (χ0n) is 13.6. The Morgan fingerprint density at radius 1 is 1.36 bits per heavy atom. The standard InChI is InChI=1S/C15H25N5O2/c1-4-12(2)17-14(21)11-19-5-7-20(8-6-19)13-9-16-10-15(18-13)22-3/h9-10,12H,4-8,11H2,1-3H3,(H,17,21). The van der Waals surface area contributed by atoms with Crippen LogP contribution in [0.3, 0.4) is 0 Å². The Morgan fingerprint density at radius 2 is 2.09 bits per heavy atom. The summed E-state index contributed by atoms with van der Waals surface area (Å²) in [5.41, 5.74) is 0. The number of hydrogen-bond acceptors (Lipinski definition) is 6. The molecule has 1 amide bonds. The van der Waals surface area contributed by atoms with Crippen LogP contribution in [-0.4, -0.2) is 66.7 Å². The Labute approximate surface area is 131 Å². The molecule has 2 heterocycles. The fourth-order valence-electron chi connectivity index (χ4n) is 2.35. The lowest BCUT2D eigenvalue weighted by Gasteiger charge is -2.35. The van der Waals surface area contributed by atoms with Gasteiger partial charge in [0, 0.05) is 32.2 Å². The van der Waals surface area contributed by atoms with Gasteiger partial charge in [0.05, 0.1) is 26.0 Å². The number of nitrogens with zero attached hydrogens (tertiary/aromatic N) is 4. The predicted octanol–water partition coefficient (Wildman–Crippen LogP) is 0.522. The van der Waals surface area contributed by atoms with E-state index in [1.54, 1.807) is 19.5 Å². The van der Waals surface area contributed by atoms with Gasteiger partial charge >= 0.3 is 0 Å². The van der Waals surface area contributed by atoms with E-state index in [4.69, 9.17) is 4.74 Å². The summed E-state index contributed by atoms with van der Waals surface area (Å²) >= 11 is 0. The van der Waals surface area contributed by atoms with Crippen molar-refractivity contribution in [2.24, 2.45) is 0 Å². The average molecular weight is 307 g/mol. The molecule has 0 spiro atoms. The molecule has 1 aromatic rings. The monoisotopic (exact) mass is 307 g/mol. The van der Waals surface area contributed by atoms with Crippen LogP contribution in [0.25, 0.3) is 0 Å². The molecule has 2 rings (SSSR count). The van der Waals surface area contributed by atoms with E-state index in [0.29, 0.717) is 12.4 Å². The number of hydrogen-bond donors (Lipinski definition) is 1. The van der Waals surface area contributed by atoms with Gasteiger partial charge in [-0.05, 0) is 13.3 Å². The molecule has 1 N–H and O–H groups in total. The molecule has 1 atom stereocenters. The number of nitrogens with one attached hydrogen (secondary N) is 1. The topological polar surface area (TPSA) is 70.6 Å². The minimum Gasteiger partial charge on any atom is -0.480 e. The molecule has 7 heteroatoms. The molecule has 1 aliphatic heterocycles. The van der Waals surface area contributed by atoms with E-state index in [9.17, 15) is 4.79 Å². The lowest BCUT2D eigenvalue weighted by Crippen LogP contribution is -2.50. The van der Waals surface area contributed by atoms with Crippen LogP contribution in [0, 0.1) is 0 Å². The molecular weight excluding hydrogens is 282 g/mol. The number of carbonyl (C=O) groups excluding carboxylic acids is 1. The maximum absolute atomic E-state index is 11.9. The van der Waals surface area contributed by atoms with Gasteiger partial charge in [-0.1, -0.05) is 6.92 Å². The lowest BCUT2D eigenvalue weighted by atomic mass is 10.2. The SMILES string of the molecule is CCC(C)NC(=O)CN1CCN(c2cncc(OC)n2)CC1. The second kappa shape index (κ2) is 7.93. The molecule has 7 nitrogen and oxygen atoms in total. The number of carbonyl (C=O) groups is 1. The molecule has 0 bridgehead atoms. The maximum atomic E-state index is 11.9. The van der Waals surface area contributed by atoms with E-state index in [1.807, 2.05) is 6.92 Å². The number of piperazine rings is 1. The second-order valence-corrected chi connectivity index (χ2v) is 5.56. The Hall–Kier alpha value is -1.89. The van der Waals surface area contributed by atoms with Crippen molar-refractivity contribution < 1.29 is 9.53 Å². The van der Waals surface area contributed by atoms with Gasteiger partial charge in [0.1, 0.15) is 0 Å². The number of anilines is 1. The third kappa shape index (κ3) is 4.56. The molecule has 0 radical (unpaired) electrons. The van der Waals surface area contributed by atoms with Crippen molar-refractivity contribution in [1.82, 2.24) is 20.2 Å². The van der Waals surface area contributed by atoms with Crippen LogP contribution in [0.15, 0.2) is 12.4 Å². The van der Waals surface area contributed by atoms with Crippen LogP contribution in [0.2, 0.25) is 0 Å². The zero-order valence-corrected chi connectivity index (χ0v) is 13.6. The smallest absolute Gasteiger partial charge is 0.234 e. The molecule has 0 aliphatic carbocycles. The molecule has 22 heavy (non-hydrogen) atoms. The fraction of sp³-hybridized carbons (Fsp3) is 0.667. The number of amides is 1. The summed E-state index contributed by atoms with van der Waals surface area (Å²) in [4.78, 5) is 24.8. The molecule has 122 valence electrons. The van der Waals surface area contributed by atoms with Gasteiger partial charge in [-0.2, -0.15) is 4.98 Å². The van der Waals surface area contributed by atoms with Crippen molar-refractivity contribution in [1.29, 1.82) is 0 Å². The summed E-state index contributed by atoms with van der Waals surface area (Å²) in [6, 6.07) is 0.237. The van der Waals surface area contributed by atoms with E-state index in [0.717, 1.165) is 38.4 Å². The zero-order chi connectivity index (χ0) is 15.9. The van der Waals surface area contributed by atoms with Crippen molar-refractivity contribution in [3.05, 3.63) is 12.4 Å². The quantitative estimate of drug-likeness (QED) is 0.826. The van der Waals surface area contributed by atoms with Gasteiger partial charge in [-0.15, -0.1) is 0 Å². The van der Waals surface area contributed by atoms with Crippen molar-refractivity contribution in [2.75, 3.05) is 44.7 Å². The summed E-state index contributed by atoms with van der Waals surface area (Å²) < 4.78 is 5.10. The molecule has 1 aromatic heterocycles. The summed E-state index contributed by atoms with van der Waals surface area (Å²) in [5.74, 6) is 1.44. The minimum absolute atomic E-state index is 0.101. The first kappa shape index (κ1) is 16.5. The van der Waals surface area contributed by atoms with Gasteiger partial charge in [0.2, 0.25) is 11.8 Å². The average Bonchev–Trinajstić information content (AvgIpc) is 2.55. The first-order valence-electron chi connectivity index (χ1n) is 7.75. The first-order chi connectivity index (χ1) is 10.6. The minimum atomic E-state index is 0.101. The van der Waals surface area contributed by atoms with Crippen LogP contribution < -0.4 is 15.0 Å². The van der Waals surface area contributed by atoms with Gasteiger partial charge in [0.25, 0.3) is 0 Å². The summed E-state index contributed by atoms with van der Waals surface area (Å²) in [5, 5.41) is 3.00. The highest BCUT2D eigenvalue weighted by molar-refractivity contribution is 5.78. The second-order valence-electron chi connectivity index (χ2n) is 5.56. The van der Waals surface area contributed by atoms with Crippen LogP contribution in [0.5, 0.6) is 5.88 Å². The lowest BCUT2D eigenvalue weighted by molar-refractivity contribution is -0.122. The molecular formula is C15H25N5O2. The summed E-state index contributed by atoms with van der Waals surface area (Å²) in [6.45, 7) is 7.90. The van der Waals surface area contributed by atoms with Crippen molar-refractivity contribution in [3.8, 4) is 5.88 Å². The Bertz CT molecular complexity index is 489. The van der Waals surface area contributed by atoms with Crippen LogP contribution in [-0.2, 0) is 4.79 Å². The largest absolute Gasteiger partial charge is 0.480 e. The highest BCUT2D eigenvalue weighted by Crippen LogP contribution is 2.15. The van der Waals surface area contributed by atoms with E-state index in [-0.39, 0.29) is 11.9 Å². The third-order valence-electron chi connectivity index (χ3n) is 3.89. The molecule has 1 aliphatic rings. The fourth-order valence-corrected chi connectivity index (χ4v) is 2.35. The normalized spacial score (nSPS) is 17.1. The Balaban J connectivity index is 1.81. The van der Waals surface area contributed by atoms with Crippen LogP contribution >= 0.6 is 0 Å². The summed E-state index contributed by atoms with van der Waals surface area (Å²) in [7, 11) is 1.58. The third-order valence-corrected chi connectivity index (χ3v) is 3.89. The van der Waals surface area contributed by atoms with Crippen molar-refractivity contribution in [2.45, 2.75) is 26.3 Å². The number of ether oxygens (including phenoxy) is 1. The molecule has 1 unspecified atom stereocenters. The van der Waals surface area contributed by atoms with E-state index in [2.05, 4.69) is 32.0 Å². The van der Waals surface area contributed by atoms with E-state index < -0.39 is 0 Å². The highest BCUT2D eigenvalue weighted by Gasteiger charge is 2.20. The van der Waals surface area contributed by atoms with Crippen molar-refractivity contribution >= 4 is 11.7 Å². The van der Waals surface area contributed by atoms with E-state index >= 15 is 0 Å². The number of methoxy groups -OCH3 is 1. The van der Waals surface area contributed by atoms with Gasteiger partial charge in [0.15, 0.2) is 5.82 Å². The highest BCUT2D eigenvalue weighted by atomic mass is 16.5. The maximum Gasteiger partial charge on any atom is 0.234 e. The predicted molar refractivity (Wildman–Crippen MR) is 85.1 cm³/mol. The first-order valence-corrected chi connectivity index (χ1v) is 7.75. The molecule has 0 saturated carbocycles. The molecule has 0 aromatic carbocycles. The van der Waals surface area contributed by atoms with Gasteiger partial charge in [-0.3, -0.25) is 14.7 Å². The number of aromatic nitrogens is 2. The van der Waals surface area contributed by atoms with Crippen LogP contribution in [0.4, 0.5) is 5.82 Å². The summed E-state index contributed by atoms with van der Waals surface area (Å²) in [6.07, 6.45) is 4.29. The molecule has 1 fully saturated rings. The Kier molecular flexibility index (Phi) is 5.94. The van der Waals surface area contributed by atoms with Crippen molar-refractivity contribution in [3.63, 3.8) is 0 Å². The van der Waals surface area contributed by atoms with Gasteiger partial charge < -0.3 is 15.0 Å². The molecule has 1 saturated heterocycles.